The lowest BCUT2D eigenvalue weighted by Crippen LogP contribution is -2.08. The summed E-state index contributed by atoms with van der Waals surface area (Å²) in [4.78, 5) is 4.26. The Balaban J connectivity index is 1.68. The normalized spacial score (nSPS) is 10.9. The Morgan fingerprint density at radius 3 is 3.11 bits per heavy atom. The molecular weight excluding hydrogens is 230 g/mol. The number of hydrogen-bond acceptors (Lipinski definition) is 5. The van der Waals surface area contributed by atoms with Crippen LogP contribution in [0.15, 0.2) is 31.0 Å². The number of fused-ring (bicyclic) bond motifs is 1. The van der Waals surface area contributed by atoms with Gasteiger partial charge in [-0.25, -0.2) is 4.98 Å². The number of nitrogens with zero attached hydrogens (tertiary/aromatic N) is 6. The summed E-state index contributed by atoms with van der Waals surface area (Å²) in [5.74, 6) is 0.742. The first-order chi connectivity index (χ1) is 8.83. The first-order valence-corrected chi connectivity index (χ1v) is 5.70. The number of aryl methyl sites for hydroxylation is 1. The molecule has 3 heterocycles. The van der Waals surface area contributed by atoms with Crippen LogP contribution in [0.4, 0.5) is 5.82 Å². The minimum absolute atomic E-state index is 0.735. The fourth-order valence-corrected chi connectivity index (χ4v) is 1.79. The van der Waals surface area contributed by atoms with E-state index in [9.17, 15) is 0 Å². The predicted octanol–water partition coefficient (Wildman–Crippen LogP) is 0.512. The molecule has 0 saturated carbocycles. The Kier molecular flexibility index (Phi) is 2.64. The quantitative estimate of drug-likeness (QED) is 0.723. The molecule has 7 heteroatoms. The van der Waals surface area contributed by atoms with Crippen LogP contribution in [-0.2, 0) is 13.5 Å². The van der Waals surface area contributed by atoms with Gasteiger partial charge in [-0.15, -0.1) is 10.2 Å². The minimum Gasteiger partial charge on any atom is -0.367 e. The second kappa shape index (κ2) is 4.44. The molecule has 3 rings (SSSR count). The Morgan fingerprint density at radius 1 is 1.33 bits per heavy atom. The highest BCUT2D eigenvalue weighted by Gasteiger charge is 2.04. The molecule has 0 bridgehead atoms. The van der Waals surface area contributed by atoms with E-state index in [0.29, 0.717) is 0 Å². The summed E-state index contributed by atoms with van der Waals surface area (Å²) in [5, 5.41) is 15.4. The third-order valence-corrected chi connectivity index (χ3v) is 2.66. The summed E-state index contributed by atoms with van der Waals surface area (Å²) in [6, 6.07) is 2.01. The van der Waals surface area contributed by atoms with E-state index in [1.54, 1.807) is 17.2 Å². The summed E-state index contributed by atoms with van der Waals surface area (Å²) in [6.45, 7) is 0.760. The summed E-state index contributed by atoms with van der Waals surface area (Å²) in [7, 11) is 1.91. The van der Waals surface area contributed by atoms with Gasteiger partial charge in [0.1, 0.15) is 6.33 Å². The van der Waals surface area contributed by atoms with Crippen molar-refractivity contribution in [2.24, 2.45) is 7.05 Å². The molecule has 18 heavy (non-hydrogen) atoms. The van der Waals surface area contributed by atoms with Crippen LogP contribution in [0.2, 0.25) is 0 Å². The van der Waals surface area contributed by atoms with Crippen LogP contribution in [-0.4, -0.2) is 35.9 Å². The summed E-state index contributed by atoms with van der Waals surface area (Å²) < 4.78 is 3.63. The van der Waals surface area contributed by atoms with Gasteiger partial charge in [-0.05, 0) is 6.07 Å². The molecule has 0 spiro atoms. The molecule has 0 unspecified atom stereocenters. The smallest absolute Gasteiger partial charge is 0.203 e. The monoisotopic (exact) mass is 243 g/mol. The average molecular weight is 243 g/mol. The van der Waals surface area contributed by atoms with Crippen LogP contribution in [0.3, 0.4) is 0 Å². The Hall–Kier alpha value is -2.44. The lowest BCUT2D eigenvalue weighted by atomic mass is 10.3. The zero-order valence-electron chi connectivity index (χ0n) is 9.98. The van der Waals surface area contributed by atoms with Gasteiger partial charge in [0.05, 0.1) is 5.69 Å². The van der Waals surface area contributed by atoms with Crippen LogP contribution < -0.4 is 5.32 Å². The lowest BCUT2D eigenvalue weighted by molar-refractivity contribution is 0.742. The molecule has 0 atom stereocenters. The standard InChI is InChI=1S/C11H13N7/c1-17-6-3-9(16-17)2-4-12-10-11-15-14-8-18(11)7-5-13-10/h3,5-8H,2,4H2,1H3,(H,12,13). The van der Waals surface area contributed by atoms with E-state index >= 15 is 0 Å². The van der Waals surface area contributed by atoms with Crippen LogP contribution in [0.5, 0.6) is 0 Å². The van der Waals surface area contributed by atoms with Gasteiger partial charge in [0.15, 0.2) is 5.82 Å². The largest absolute Gasteiger partial charge is 0.367 e. The number of hydrogen-bond donors (Lipinski definition) is 1. The third kappa shape index (κ3) is 2.02. The zero-order valence-corrected chi connectivity index (χ0v) is 9.98. The average Bonchev–Trinajstić information content (AvgIpc) is 2.98. The molecule has 0 aliphatic carbocycles. The van der Waals surface area contributed by atoms with Gasteiger partial charge in [0.25, 0.3) is 0 Å². The van der Waals surface area contributed by atoms with Crippen molar-refractivity contribution in [1.29, 1.82) is 0 Å². The molecule has 0 fully saturated rings. The van der Waals surface area contributed by atoms with E-state index in [-0.39, 0.29) is 0 Å². The zero-order chi connectivity index (χ0) is 12.4. The maximum Gasteiger partial charge on any atom is 0.203 e. The molecule has 0 saturated heterocycles. The maximum absolute atomic E-state index is 4.32. The molecule has 0 radical (unpaired) electrons. The van der Waals surface area contributed by atoms with Gasteiger partial charge >= 0.3 is 0 Å². The van der Waals surface area contributed by atoms with Crippen LogP contribution in [0.1, 0.15) is 5.69 Å². The van der Waals surface area contributed by atoms with Gasteiger partial charge < -0.3 is 5.32 Å². The lowest BCUT2D eigenvalue weighted by Gasteiger charge is -2.04. The SMILES string of the molecule is Cn1ccc(CCNc2nccn3cnnc23)n1. The summed E-state index contributed by atoms with van der Waals surface area (Å²) in [6.07, 6.45) is 7.98. The van der Waals surface area contributed by atoms with Crippen molar-refractivity contribution in [2.45, 2.75) is 6.42 Å². The minimum atomic E-state index is 0.735. The first-order valence-electron chi connectivity index (χ1n) is 5.70. The molecule has 1 N–H and O–H groups in total. The van der Waals surface area contributed by atoms with Crippen molar-refractivity contribution >= 4 is 11.5 Å². The van der Waals surface area contributed by atoms with Crippen molar-refractivity contribution in [3.63, 3.8) is 0 Å². The van der Waals surface area contributed by atoms with E-state index < -0.39 is 0 Å². The summed E-state index contributed by atoms with van der Waals surface area (Å²) in [5.41, 5.74) is 1.79. The van der Waals surface area contributed by atoms with E-state index in [1.165, 1.54) is 0 Å². The van der Waals surface area contributed by atoms with E-state index in [2.05, 4.69) is 25.6 Å². The van der Waals surface area contributed by atoms with Crippen molar-refractivity contribution in [3.05, 3.63) is 36.7 Å². The molecule has 0 aromatic carbocycles. The number of rotatable bonds is 4. The molecular formula is C11H13N7. The number of anilines is 1. The Morgan fingerprint density at radius 2 is 2.28 bits per heavy atom. The van der Waals surface area contributed by atoms with E-state index in [0.717, 1.165) is 30.1 Å². The second-order valence-electron chi connectivity index (χ2n) is 4.00. The molecule has 3 aromatic heterocycles. The van der Waals surface area contributed by atoms with Crippen molar-refractivity contribution in [3.8, 4) is 0 Å². The molecule has 92 valence electrons. The van der Waals surface area contributed by atoms with Crippen LogP contribution in [0, 0.1) is 0 Å². The van der Waals surface area contributed by atoms with E-state index in [4.69, 9.17) is 0 Å². The highest BCUT2D eigenvalue weighted by Crippen LogP contribution is 2.09. The molecule has 7 nitrogen and oxygen atoms in total. The van der Waals surface area contributed by atoms with Crippen molar-refractivity contribution in [2.75, 3.05) is 11.9 Å². The predicted molar refractivity (Wildman–Crippen MR) is 66.2 cm³/mol. The van der Waals surface area contributed by atoms with Crippen LogP contribution >= 0.6 is 0 Å². The molecule has 0 aliphatic heterocycles. The number of nitrogens with one attached hydrogen (secondary N) is 1. The fourth-order valence-electron chi connectivity index (χ4n) is 1.79. The van der Waals surface area contributed by atoms with Gasteiger partial charge in [0, 0.05) is 38.6 Å². The third-order valence-electron chi connectivity index (χ3n) is 2.66. The highest BCUT2D eigenvalue weighted by atomic mass is 15.3. The van der Waals surface area contributed by atoms with Crippen molar-refractivity contribution < 1.29 is 0 Å². The Bertz CT molecular complexity index is 654. The summed E-state index contributed by atoms with van der Waals surface area (Å²) >= 11 is 0. The van der Waals surface area contributed by atoms with Gasteiger partial charge in [-0.2, -0.15) is 5.10 Å². The van der Waals surface area contributed by atoms with Crippen LogP contribution in [0.25, 0.3) is 5.65 Å². The maximum atomic E-state index is 4.32. The molecule has 0 amide bonds. The van der Waals surface area contributed by atoms with Crippen molar-refractivity contribution in [1.82, 2.24) is 29.4 Å². The highest BCUT2D eigenvalue weighted by molar-refractivity contribution is 5.61. The number of aromatic nitrogens is 6. The Labute approximate surface area is 103 Å². The topological polar surface area (TPSA) is 72.9 Å². The second-order valence-corrected chi connectivity index (χ2v) is 4.00. The molecule has 0 aliphatic rings. The fraction of sp³-hybridized carbons (Fsp3) is 0.273. The van der Waals surface area contributed by atoms with Gasteiger partial charge in [-0.1, -0.05) is 0 Å². The van der Waals surface area contributed by atoms with Gasteiger partial charge in [0.2, 0.25) is 5.65 Å². The van der Waals surface area contributed by atoms with E-state index in [1.807, 2.05) is 29.9 Å². The molecule has 3 aromatic rings. The first kappa shape index (κ1) is 10.7. The van der Waals surface area contributed by atoms with Gasteiger partial charge in [-0.3, -0.25) is 9.08 Å².